The molecule has 1 unspecified atom stereocenters. The van der Waals surface area contributed by atoms with Crippen molar-refractivity contribution in [2.24, 2.45) is 23.2 Å². The van der Waals surface area contributed by atoms with Gasteiger partial charge >= 0.3 is 0 Å². The van der Waals surface area contributed by atoms with E-state index in [1.54, 1.807) is 6.33 Å². The van der Waals surface area contributed by atoms with Crippen LogP contribution in [0, 0.1) is 23.2 Å². The fraction of sp³-hybridized carbons (Fsp3) is 0.615. The van der Waals surface area contributed by atoms with E-state index in [-0.39, 0.29) is 11.5 Å². The van der Waals surface area contributed by atoms with E-state index in [2.05, 4.69) is 26.3 Å². The molecule has 0 saturated heterocycles. The molecule has 7 rings (SSSR count). The van der Waals surface area contributed by atoms with Gasteiger partial charge in [-0.2, -0.15) is 0 Å². The van der Waals surface area contributed by atoms with Gasteiger partial charge in [0.1, 0.15) is 12.1 Å². The summed E-state index contributed by atoms with van der Waals surface area (Å²) in [5.41, 5.74) is 3.68. The lowest BCUT2D eigenvalue weighted by atomic mass is 9.48. The first kappa shape index (κ1) is 20.9. The lowest BCUT2D eigenvalue weighted by Gasteiger charge is -2.58. The normalized spacial score (nSPS) is 32.0. The van der Waals surface area contributed by atoms with Crippen LogP contribution in [0.2, 0.25) is 5.02 Å². The lowest BCUT2D eigenvalue weighted by Crippen LogP contribution is -2.53. The van der Waals surface area contributed by atoms with Gasteiger partial charge in [0.25, 0.3) is 0 Å². The maximum absolute atomic E-state index is 11.3. The van der Waals surface area contributed by atoms with E-state index in [0.29, 0.717) is 6.54 Å². The van der Waals surface area contributed by atoms with Crippen molar-refractivity contribution in [3.05, 3.63) is 52.4 Å². The van der Waals surface area contributed by atoms with Crippen molar-refractivity contribution < 1.29 is 5.11 Å². The van der Waals surface area contributed by atoms with Crippen LogP contribution in [0.4, 0.5) is 5.82 Å². The molecule has 1 aliphatic heterocycles. The zero-order valence-electron chi connectivity index (χ0n) is 18.6. The van der Waals surface area contributed by atoms with Crippen molar-refractivity contribution in [1.29, 1.82) is 0 Å². The summed E-state index contributed by atoms with van der Waals surface area (Å²) in [5, 5.41) is 15.6. The van der Waals surface area contributed by atoms with Gasteiger partial charge in [0, 0.05) is 36.8 Å². The Morgan fingerprint density at radius 3 is 2.59 bits per heavy atom. The number of nitrogens with one attached hydrogen (secondary N) is 1. The van der Waals surface area contributed by atoms with Crippen LogP contribution < -0.4 is 5.32 Å². The van der Waals surface area contributed by atoms with Crippen LogP contribution in [-0.2, 0) is 19.5 Å². The molecule has 2 aromatic rings. The number of hydrogen-bond acceptors (Lipinski definition) is 5. The summed E-state index contributed by atoms with van der Waals surface area (Å²) in [6.45, 7) is 3.26. The molecule has 1 aromatic heterocycles. The van der Waals surface area contributed by atoms with Gasteiger partial charge in [-0.15, -0.1) is 0 Å². The predicted molar refractivity (Wildman–Crippen MR) is 126 cm³/mol. The first-order chi connectivity index (χ1) is 15.6. The van der Waals surface area contributed by atoms with E-state index >= 15 is 0 Å². The second-order valence-electron chi connectivity index (χ2n) is 10.9. The molecule has 4 fully saturated rings. The Bertz CT molecular complexity index is 960. The van der Waals surface area contributed by atoms with Crippen molar-refractivity contribution in [2.45, 2.75) is 64.1 Å². The Labute approximate surface area is 195 Å². The molecule has 4 bridgehead atoms. The smallest absolute Gasteiger partial charge is 0.133 e. The van der Waals surface area contributed by atoms with Crippen LogP contribution >= 0.6 is 11.6 Å². The van der Waals surface area contributed by atoms with Crippen LogP contribution in [0.5, 0.6) is 0 Å². The Morgan fingerprint density at radius 2 is 1.88 bits per heavy atom. The highest BCUT2D eigenvalue weighted by atomic mass is 35.5. The van der Waals surface area contributed by atoms with Crippen molar-refractivity contribution in [2.75, 3.05) is 18.4 Å². The van der Waals surface area contributed by atoms with Gasteiger partial charge in [0.15, 0.2) is 0 Å². The molecule has 6 heteroatoms. The number of aromatic nitrogens is 2. The van der Waals surface area contributed by atoms with E-state index < -0.39 is 0 Å². The minimum Gasteiger partial charge on any atom is -0.391 e. The highest BCUT2D eigenvalue weighted by molar-refractivity contribution is 6.30. The van der Waals surface area contributed by atoms with Crippen LogP contribution in [0.25, 0.3) is 0 Å². The number of aliphatic hydroxyl groups excluding tert-OH is 1. The topological polar surface area (TPSA) is 61.3 Å². The summed E-state index contributed by atoms with van der Waals surface area (Å²) in [6, 6.07) is 8.09. The number of rotatable bonds is 6. The summed E-state index contributed by atoms with van der Waals surface area (Å²) in [6.07, 6.45) is 10.2. The molecule has 2 heterocycles. The van der Waals surface area contributed by atoms with Crippen molar-refractivity contribution >= 4 is 17.4 Å². The molecular weight excluding hydrogens is 420 g/mol. The number of nitrogens with zero attached hydrogens (tertiary/aromatic N) is 3. The van der Waals surface area contributed by atoms with Crippen molar-refractivity contribution in [3.63, 3.8) is 0 Å². The quantitative estimate of drug-likeness (QED) is 0.666. The zero-order valence-corrected chi connectivity index (χ0v) is 19.4. The third-order valence-corrected chi connectivity index (χ3v) is 8.87. The minimum atomic E-state index is -0.288. The molecule has 2 N–H and O–H groups in total. The van der Waals surface area contributed by atoms with Gasteiger partial charge in [-0.1, -0.05) is 23.7 Å². The highest BCUT2D eigenvalue weighted by Gasteiger charge is 2.53. The second-order valence-corrected chi connectivity index (χ2v) is 11.4. The first-order valence-corrected chi connectivity index (χ1v) is 12.7. The predicted octanol–water partition coefficient (Wildman–Crippen LogP) is 4.68. The third kappa shape index (κ3) is 3.93. The van der Waals surface area contributed by atoms with Gasteiger partial charge in [-0.05, 0) is 85.8 Å². The van der Waals surface area contributed by atoms with Crippen LogP contribution in [0.15, 0.2) is 30.6 Å². The summed E-state index contributed by atoms with van der Waals surface area (Å²) < 4.78 is 0. The Balaban J connectivity index is 1.11. The van der Waals surface area contributed by atoms with Crippen LogP contribution in [-0.4, -0.2) is 39.2 Å². The molecule has 5 nitrogen and oxygen atoms in total. The van der Waals surface area contributed by atoms with Crippen LogP contribution in [0.1, 0.15) is 55.3 Å². The first-order valence-electron chi connectivity index (χ1n) is 12.3. The van der Waals surface area contributed by atoms with E-state index in [0.717, 1.165) is 60.3 Å². The molecule has 4 saturated carbocycles. The van der Waals surface area contributed by atoms with Gasteiger partial charge in [-0.25, -0.2) is 9.97 Å². The summed E-state index contributed by atoms with van der Waals surface area (Å²) in [4.78, 5) is 11.6. The maximum Gasteiger partial charge on any atom is 0.133 e. The molecule has 170 valence electrons. The van der Waals surface area contributed by atoms with Crippen molar-refractivity contribution in [3.8, 4) is 0 Å². The van der Waals surface area contributed by atoms with E-state index in [1.807, 2.05) is 18.2 Å². The molecule has 1 atom stereocenters. The summed E-state index contributed by atoms with van der Waals surface area (Å²) in [5.74, 6) is 3.48. The van der Waals surface area contributed by atoms with Gasteiger partial charge in [0.2, 0.25) is 0 Å². The molecule has 1 aromatic carbocycles. The zero-order chi connectivity index (χ0) is 21.7. The Morgan fingerprint density at radius 1 is 1.12 bits per heavy atom. The minimum absolute atomic E-state index is 0.141. The molecule has 0 amide bonds. The molecule has 5 aliphatic rings. The number of halogens is 1. The van der Waals surface area contributed by atoms with Gasteiger partial charge < -0.3 is 10.4 Å². The standard InChI is InChI=1S/C26H33ClN4O/c27-21-3-1-2-17(9-21)14-31-5-4-22-23(15-31)29-16-30-25(22)28-13-24(32)26-10-18-6-19(11-26)8-20(7-18)12-26/h1-3,9,16,18-20,24,32H,4-8,10-15H2,(H,28,29,30). The molecule has 32 heavy (non-hydrogen) atoms. The second kappa shape index (κ2) is 8.27. The number of benzene rings is 1. The highest BCUT2D eigenvalue weighted by Crippen LogP contribution is 2.61. The lowest BCUT2D eigenvalue weighted by molar-refractivity contribution is -0.115. The SMILES string of the molecule is OC(CNc1ncnc2c1CCN(Cc1cccc(Cl)c1)C2)C12CC3CC(CC(C3)C1)C2. The van der Waals surface area contributed by atoms with Gasteiger partial charge in [0.05, 0.1) is 11.8 Å². The number of fused-ring (bicyclic) bond motifs is 1. The molecular formula is C26H33ClN4O. The largest absolute Gasteiger partial charge is 0.391 e. The molecule has 4 aliphatic carbocycles. The maximum atomic E-state index is 11.3. The average molecular weight is 453 g/mol. The fourth-order valence-corrected chi connectivity index (χ4v) is 7.80. The fourth-order valence-electron chi connectivity index (χ4n) is 7.58. The molecule has 0 spiro atoms. The summed E-state index contributed by atoms with van der Waals surface area (Å²) >= 11 is 6.16. The van der Waals surface area contributed by atoms with Gasteiger partial charge in [-0.3, -0.25) is 4.90 Å². The third-order valence-electron chi connectivity index (χ3n) is 8.64. The van der Waals surface area contributed by atoms with Crippen LogP contribution in [0.3, 0.4) is 0 Å². The van der Waals surface area contributed by atoms with Crippen molar-refractivity contribution in [1.82, 2.24) is 14.9 Å². The summed E-state index contributed by atoms with van der Waals surface area (Å²) in [7, 11) is 0. The van der Waals surface area contributed by atoms with E-state index in [4.69, 9.17) is 11.6 Å². The molecule has 0 radical (unpaired) electrons. The van der Waals surface area contributed by atoms with E-state index in [1.165, 1.54) is 49.7 Å². The number of anilines is 1. The number of aliphatic hydroxyl groups is 1. The Hall–Kier alpha value is -1.69. The average Bonchev–Trinajstić information content (AvgIpc) is 2.76. The monoisotopic (exact) mass is 452 g/mol. The van der Waals surface area contributed by atoms with E-state index in [9.17, 15) is 5.11 Å². The number of hydrogen-bond donors (Lipinski definition) is 2. The Kier molecular flexibility index (Phi) is 5.39.